The highest BCUT2D eigenvalue weighted by Gasteiger charge is 2.31. The first-order valence-electron chi connectivity index (χ1n) is 7.24. The third kappa shape index (κ3) is 3.47. The Morgan fingerprint density at radius 1 is 1.14 bits per heavy atom. The molecule has 1 unspecified atom stereocenters. The van der Waals surface area contributed by atoms with E-state index in [0.717, 1.165) is 11.1 Å². The molecule has 120 valence electrons. The Balaban J connectivity index is 2.07. The van der Waals surface area contributed by atoms with Gasteiger partial charge in [-0.1, -0.05) is 29.8 Å². The van der Waals surface area contributed by atoms with Crippen molar-refractivity contribution in [2.45, 2.75) is 13.0 Å². The number of rotatable bonds is 4. The van der Waals surface area contributed by atoms with E-state index in [1.807, 2.05) is 36.1 Å². The highest BCUT2D eigenvalue weighted by Crippen LogP contribution is 2.23. The van der Waals surface area contributed by atoms with E-state index in [9.17, 15) is 13.7 Å². The summed E-state index contributed by atoms with van der Waals surface area (Å²) >= 11 is 0. The fourth-order valence-electron chi connectivity index (χ4n) is 2.54. The Hall–Kier alpha value is -1.46. The zero-order valence-corrected chi connectivity index (χ0v) is 14.0. The summed E-state index contributed by atoms with van der Waals surface area (Å²) in [5.74, 6) is 0. The van der Waals surface area contributed by atoms with Crippen LogP contribution < -0.4 is 0 Å². The second kappa shape index (κ2) is 6.75. The van der Waals surface area contributed by atoms with Gasteiger partial charge in [0.05, 0.1) is 6.07 Å². The number of nitriles is 1. The van der Waals surface area contributed by atoms with Crippen LogP contribution >= 0.6 is 0 Å². The molecule has 1 aromatic carbocycles. The second-order valence-electron chi connectivity index (χ2n) is 5.67. The molecule has 22 heavy (non-hydrogen) atoms. The lowest BCUT2D eigenvalue weighted by atomic mass is 10.0. The number of piperazine rings is 1. The first-order chi connectivity index (χ1) is 10.4. The Labute approximate surface area is 132 Å². The van der Waals surface area contributed by atoms with Gasteiger partial charge in [0.2, 0.25) is 0 Å². The first kappa shape index (κ1) is 16.9. The first-order valence-corrected chi connectivity index (χ1v) is 8.64. The monoisotopic (exact) mass is 322 g/mol. The van der Waals surface area contributed by atoms with Gasteiger partial charge in [0.1, 0.15) is 6.04 Å². The van der Waals surface area contributed by atoms with Crippen LogP contribution in [0.4, 0.5) is 0 Å². The van der Waals surface area contributed by atoms with Crippen molar-refractivity contribution in [2.75, 3.05) is 40.3 Å². The van der Waals surface area contributed by atoms with Crippen molar-refractivity contribution >= 4 is 10.2 Å². The average molecular weight is 322 g/mol. The Morgan fingerprint density at radius 3 is 2.14 bits per heavy atom. The smallest absolute Gasteiger partial charge is 0.281 e. The SMILES string of the molecule is Cc1ccc(C(C#N)N2CCN(S(=O)(=O)N(C)C)CC2)cc1. The molecule has 0 aliphatic carbocycles. The van der Waals surface area contributed by atoms with Crippen LogP contribution in [0.25, 0.3) is 0 Å². The lowest BCUT2D eigenvalue weighted by Crippen LogP contribution is -2.52. The van der Waals surface area contributed by atoms with Gasteiger partial charge in [0, 0.05) is 40.3 Å². The predicted molar refractivity (Wildman–Crippen MR) is 85.3 cm³/mol. The highest BCUT2D eigenvalue weighted by molar-refractivity contribution is 7.86. The maximum Gasteiger partial charge on any atom is 0.281 e. The Bertz CT molecular complexity index is 641. The molecule has 0 radical (unpaired) electrons. The van der Waals surface area contributed by atoms with Crippen molar-refractivity contribution in [3.8, 4) is 6.07 Å². The summed E-state index contributed by atoms with van der Waals surface area (Å²) in [6, 6.07) is 9.92. The van der Waals surface area contributed by atoms with Crippen molar-refractivity contribution in [3.63, 3.8) is 0 Å². The van der Waals surface area contributed by atoms with Gasteiger partial charge in [0.15, 0.2) is 0 Å². The molecular formula is C15H22N4O2S. The molecule has 1 atom stereocenters. The molecule has 7 heteroatoms. The van der Waals surface area contributed by atoms with Gasteiger partial charge in [-0.3, -0.25) is 4.90 Å². The molecule has 0 aromatic heterocycles. The summed E-state index contributed by atoms with van der Waals surface area (Å²) in [6.07, 6.45) is 0. The van der Waals surface area contributed by atoms with E-state index in [0.29, 0.717) is 26.2 Å². The molecule has 1 aliphatic heterocycles. The summed E-state index contributed by atoms with van der Waals surface area (Å²) < 4.78 is 26.9. The average Bonchev–Trinajstić information content (AvgIpc) is 2.50. The van der Waals surface area contributed by atoms with Crippen molar-refractivity contribution in [1.82, 2.24) is 13.5 Å². The molecular weight excluding hydrogens is 300 g/mol. The third-order valence-corrected chi connectivity index (χ3v) is 5.88. The quantitative estimate of drug-likeness (QED) is 0.829. The molecule has 0 saturated carbocycles. The second-order valence-corrected chi connectivity index (χ2v) is 7.81. The van der Waals surface area contributed by atoms with E-state index in [1.54, 1.807) is 0 Å². The summed E-state index contributed by atoms with van der Waals surface area (Å²) in [6.45, 7) is 3.93. The van der Waals surface area contributed by atoms with E-state index in [4.69, 9.17) is 0 Å². The van der Waals surface area contributed by atoms with E-state index in [-0.39, 0.29) is 6.04 Å². The van der Waals surface area contributed by atoms with Gasteiger partial charge in [-0.15, -0.1) is 0 Å². The van der Waals surface area contributed by atoms with Gasteiger partial charge >= 0.3 is 0 Å². The van der Waals surface area contributed by atoms with Gasteiger partial charge in [-0.2, -0.15) is 22.3 Å². The minimum Gasteiger partial charge on any atom is -0.282 e. The maximum atomic E-state index is 12.1. The van der Waals surface area contributed by atoms with Crippen LogP contribution in [-0.2, 0) is 10.2 Å². The predicted octanol–water partition coefficient (Wildman–Crippen LogP) is 0.984. The van der Waals surface area contributed by atoms with Crippen LogP contribution in [0.2, 0.25) is 0 Å². The van der Waals surface area contributed by atoms with E-state index in [2.05, 4.69) is 6.07 Å². The molecule has 6 nitrogen and oxygen atoms in total. The third-order valence-electron chi connectivity index (χ3n) is 3.94. The zero-order chi connectivity index (χ0) is 16.3. The van der Waals surface area contributed by atoms with Crippen LogP contribution in [0.15, 0.2) is 24.3 Å². The molecule has 0 spiro atoms. The fourth-order valence-corrected chi connectivity index (χ4v) is 3.63. The summed E-state index contributed by atoms with van der Waals surface area (Å²) in [5.41, 5.74) is 2.11. The van der Waals surface area contributed by atoms with Crippen molar-refractivity contribution in [2.24, 2.45) is 0 Å². The normalized spacial score (nSPS) is 19.0. The Morgan fingerprint density at radius 2 is 1.68 bits per heavy atom. The molecule has 1 aromatic rings. The molecule has 0 amide bonds. The van der Waals surface area contributed by atoms with Gasteiger partial charge in [-0.25, -0.2) is 0 Å². The number of hydrogen-bond acceptors (Lipinski definition) is 4. The van der Waals surface area contributed by atoms with Gasteiger partial charge in [0.25, 0.3) is 10.2 Å². The van der Waals surface area contributed by atoms with E-state index in [1.165, 1.54) is 22.7 Å². The van der Waals surface area contributed by atoms with Crippen LogP contribution in [-0.4, -0.2) is 62.2 Å². The molecule has 0 N–H and O–H groups in total. The lowest BCUT2D eigenvalue weighted by molar-refractivity contribution is 0.159. The largest absolute Gasteiger partial charge is 0.282 e. The molecule has 1 fully saturated rings. The molecule has 2 rings (SSSR count). The number of nitrogens with zero attached hydrogens (tertiary/aromatic N) is 4. The highest BCUT2D eigenvalue weighted by atomic mass is 32.2. The van der Waals surface area contributed by atoms with E-state index < -0.39 is 10.2 Å². The van der Waals surface area contributed by atoms with Crippen LogP contribution in [0.3, 0.4) is 0 Å². The van der Waals surface area contributed by atoms with Gasteiger partial charge < -0.3 is 0 Å². The fraction of sp³-hybridized carbons (Fsp3) is 0.533. The van der Waals surface area contributed by atoms with Crippen LogP contribution in [0.1, 0.15) is 17.2 Å². The van der Waals surface area contributed by atoms with Crippen molar-refractivity contribution in [1.29, 1.82) is 5.26 Å². The minimum absolute atomic E-state index is 0.329. The molecule has 1 saturated heterocycles. The van der Waals surface area contributed by atoms with Gasteiger partial charge in [-0.05, 0) is 12.5 Å². The number of benzene rings is 1. The summed E-state index contributed by atoms with van der Waals surface area (Å²) in [4.78, 5) is 2.03. The lowest BCUT2D eigenvalue weighted by Gasteiger charge is -2.37. The Kier molecular flexibility index (Phi) is 5.19. The number of aryl methyl sites for hydroxylation is 1. The van der Waals surface area contributed by atoms with Crippen LogP contribution in [0.5, 0.6) is 0 Å². The maximum absolute atomic E-state index is 12.1. The summed E-state index contributed by atoms with van der Waals surface area (Å²) in [7, 11) is -0.301. The number of hydrogen-bond donors (Lipinski definition) is 0. The zero-order valence-electron chi connectivity index (χ0n) is 13.2. The van der Waals surface area contributed by atoms with E-state index >= 15 is 0 Å². The molecule has 1 aliphatic rings. The van der Waals surface area contributed by atoms with Crippen LogP contribution in [0, 0.1) is 18.3 Å². The van der Waals surface area contributed by atoms with Crippen molar-refractivity contribution < 1.29 is 8.42 Å². The minimum atomic E-state index is -3.37. The standard InChI is InChI=1S/C15H22N4O2S/c1-13-4-6-14(7-5-13)15(12-16)18-8-10-19(11-9-18)22(20,21)17(2)3/h4-7,15H,8-11H2,1-3H3. The summed E-state index contributed by atoms with van der Waals surface area (Å²) in [5, 5.41) is 9.48. The van der Waals surface area contributed by atoms with Crippen molar-refractivity contribution in [3.05, 3.63) is 35.4 Å². The topological polar surface area (TPSA) is 67.6 Å². The molecule has 1 heterocycles. The molecule has 0 bridgehead atoms.